The molecule has 172 valence electrons. The first kappa shape index (κ1) is 22.8. The molecule has 0 aliphatic carbocycles. The second-order valence-electron chi connectivity index (χ2n) is 8.85. The molecule has 0 aromatic heterocycles. The standard InChI is InChI=1S/C27H29FN2O3/c1-30(18-19-7-10-21(28)11-8-19)26(32)14-16-27(15-13-25(31)29-27)17-20-9-12-24(33-2)23-6-4-3-5-22(20)23/h3-12H,13-18H2,1-2H3,(H,29,31)/t27-/m0/s1. The highest BCUT2D eigenvalue weighted by molar-refractivity contribution is 5.91. The lowest BCUT2D eigenvalue weighted by molar-refractivity contribution is -0.131. The highest BCUT2D eigenvalue weighted by atomic mass is 19.1. The Kier molecular flexibility index (Phi) is 6.63. The van der Waals surface area contributed by atoms with Crippen LogP contribution < -0.4 is 10.1 Å². The van der Waals surface area contributed by atoms with Crippen LogP contribution in [-0.4, -0.2) is 36.4 Å². The van der Waals surface area contributed by atoms with Gasteiger partial charge in [-0.05, 0) is 54.0 Å². The third kappa shape index (κ3) is 5.16. The molecule has 0 unspecified atom stereocenters. The molecule has 4 rings (SSSR count). The molecule has 1 atom stereocenters. The van der Waals surface area contributed by atoms with Crippen molar-refractivity contribution < 1.29 is 18.7 Å². The van der Waals surface area contributed by atoms with Crippen molar-refractivity contribution >= 4 is 22.6 Å². The molecule has 1 N–H and O–H groups in total. The van der Waals surface area contributed by atoms with Gasteiger partial charge in [0.2, 0.25) is 11.8 Å². The molecule has 1 saturated heterocycles. The third-order valence-electron chi connectivity index (χ3n) is 6.53. The number of methoxy groups -OCH3 is 1. The molecule has 33 heavy (non-hydrogen) atoms. The number of amides is 2. The van der Waals surface area contributed by atoms with Crippen LogP contribution in [0.1, 0.15) is 36.8 Å². The Bertz CT molecular complexity index is 1160. The summed E-state index contributed by atoms with van der Waals surface area (Å²) in [4.78, 5) is 26.7. The van der Waals surface area contributed by atoms with Gasteiger partial charge in [-0.3, -0.25) is 9.59 Å². The van der Waals surface area contributed by atoms with E-state index < -0.39 is 5.54 Å². The SMILES string of the molecule is COc1ccc(C[C@@]2(CCC(=O)N(C)Cc3ccc(F)cc3)CCC(=O)N2)c2ccccc12. The summed E-state index contributed by atoms with van der Waals surface area (Å²) in [6.07, 6.45) is 2.70. The molecule has 6 heteroatoms. The zero-order valence-electron chi connectivity index (χ0n) is 19.1. The van der Waals surface area contributed by atoms with Crippen LogP contribution in [0, 0.1) is 5.82 Å². The molecule has 0 saturated carbocycles. The zero-order chi connectivity index (χ0) is 23.4. The molecule has 0 bridgehead atoms. The largest absolute Gasteiger partial charge is 0.496 e. The van der Waals surface area contributed by atoms with E-state index in [4.69, 9.17) is 4.74 Å². The second-order valence-corrected chi connectivity index (χ2v) is 8.85. The lowest BCUT2D eigenvalue weighted by Crippen LogP contribution is -2.44. The van der Waals surface area contributed by atoms with Crippen molar-refractivity contribution in [3.63, 3.8) is 0 Å². The number of rotatable bonds is 8. The van der Waals surface area contributed by atoms with E-state index in [0.717, 1.165) is 27.6 Å². The Labute approximate surface area is 193 Å². The quantitative estimate of drug-likeness (QED) is 0.547. The van der Waals surface area contributed by atoms with Crippen LogP contribution in [0.3, 0.4) is 0 Å². The second kappa shape index (κ2) is 9.61. The molecule has 0 spiro atoms. The van der Waals surface area contributed by atoms with Crippen LogP contribution in [0.15, 0.2) is 60.7 Å². The maximum atomic E-state index is 13.1. The van der Waals surface area contributed by atoms with Crippen molar-refractivity contribution in [2.75, 3.05) is 14.2 Å². The van der Waals surface area contributed by atoms with Crippen molar-refractivity contribution in [1.82, 2.24) is 10.2 Å². The first-order valence-electron chi connectivity index (χ1n) is 11.2. The lowest BCUT2D eigenvalue weighted by atomic mass is 9.83. The third-order valence-corrected chi connectivity index (χ3v) is 6.53. The molecule has 1 fully saturated rings. The van der Waals surface area contributed by atoms with E-state index in [9.17, 15) is 14.0 Å². The normalized spacial score (nSPS) is 17.7. The van der Waals surface area contributed by atoms with Crippen LogP contribution in [0.2, 0.25) is 0 Å². The zero-order valence-corrected chi connectivity index (χ0v) is 19.1. The molecular weight excluding hydrogens is 419 g/mol. The Morgan fingerprint density at radius 2 is 1.82 bits per heavy atom. The predicted octanol–water partition coefficient (Wildman–Crippen LogP) is 4.62. The average molecular weight is 449 g/mol. The predicted molar refractivity (Wildman–Crippen MR) is 126 cm³/mol. The van der Waals surface area contributed by atoms with Gasteiger partial charge >= 0.3 is 0 Å². The fraction of sp³-hybridized carbons (Fsp3) is 0.333. The summed E-state index contributed by atoms with van der Waals surface area (Å²) in [5, 5.41) is 5.31. The Morgan fingerprint density at radius 1 is 1.09 bits per heavy atom. The molecule has 1 aliphatic rings. The monoisotopic (exact) mass is 448 g/mol. The molecule has 1 aliphatic heterocycles. The average Bonchev–Trinajstić information content (AvgIpc) is 3.19. The van der Waals surface area contributed by atoms with Gasteiger partial charge in [0.05, 0.1) is 7.11 Å². The molecule has 2 amide bonds. The van der Waals surface area contributed by atoms with E-state index in [1.165, 1.54) is 12.1 Å². The number of carbonyl (C=O) groups is 2. The van der Waals surface area contributed by atoms with E-state index in [1.54, 1.807) is 31.2 Å². The van der Waals surface area contributed by atoms with Crippen molar-refractivity contribution in [2.45, 2.75) is 44.2 Å². The highest BCUT2D eigenvalue weighted by Gasteiger charge is 2.38. The number of halogens is 1. The van der Waals surface area contributed by atoms with Gasteiger partial charge in [-0.25, -0.2) is 4.39 Å². The molecular formula is C27H29FN2O3. The van der Waals surface area contributed by atoms with Crippen LogP contribution in [0.5, 0.6) is 5.75 Å². The van der Waals surface area contributed by atoms with E-state index in [0.29, 0.717) is 38.6 Å². The number of hydrogen-bond donors (Lipinski definition) is 1. The van der Waals surface area contributed by atoms with E-state index >= 15 is 0 Å². The Balaban J connectivity index is 1.49. The van der Waals surface area contributed by atoms with Crippen molar-refractivity contribution in [2.24, 2.45) is 0 Å². The van der Waals surface area contributed by atoms with Gasteiger partial charge in [0.25, 0.3) is 0 Å². The fourth-order valence-corrected chi connectivity index (χ4v) is 4.70. The number of fused-ring (bicyclic) bond motifs is 1. The van der Waals surface area contributed by atoms with Crippen LogP contribution in [0.4, 0.5) is 4.39 Å². The van der Waals surface area contributed by atoms with Crippen LogP contribution in [0.25, 0.3) is 10.8 Å². The summed E-state index contributed by atoms with van der Waals surface area (Å²) in [6.45, 7) is 0.418. The molecule has 3 aromatic carbocycles. The maximum Gasteiger partial charge on any atom is 0.222 e. The number of nitrogens with one attached hydrogen (secondary N) is 1. The molecule has 0 radical (unpaired) electrons. The first-order valence-corrected chi connectivity index (χ1v) is 11.2. The number of ether oxygens (including phenoxy) is 1. The van der Waals surface area contributed by atoms with E-state index in [2.05, 4.69) is 17.4 Å². The van der Waals surface area contributed by atoms with Gasteiger partial charge in [0.15, 0.2) is 0 Å². The minimum atomic E-state index is -0.458. The van der Waals surface area contributed by atoms with Gasteiger partial charge in [-0.2, -0.15) is 0 Å². The summed E-state index contributed by atoms with van der Waals surface area (Å²) in [5.74, 6) is 0.550. The molecule has 5 nitrogen and oxygen atoms in total. The summed E-state index contributed by atoms with van der Waals surface area (Å²) in [5.41, 5.74) is 1.54. The Hall–Kier alpha value is -3.41. The smallest absolute Gasteiger partial charge is 0.222 e. The van der Waals surface area contributed by atoms with Crippen LogP contribution in [-0.2, 0) is 22.6 Å². The van der Waals surface area contributed by atoms with Crippen molar-refractivity contribution in [1.29, 1.82) is 0 Å². The van der Waals surface area contributed by atoms with Gasteiger partial charge in [-0.1, -0.05) is 42.5 Å². The topological polar surface area (TPSA) is 58.6 Å². The van der Waals surface area contributed by atoms with E-state index in [-0.39, 0.29) is 17.6 Å². The minimum Gasteiger partial charge on any atom is -0.496 e. The summed E-state index contributed by atoms with van der Waals surface area (Å²) < 4.78 is 18.7. The number of carbonyl (C=O) groups excluding carboxylic acids is 2. The van der Waals surface area contributed by atoms with E-state index in [1.807, 2.05) is 24.3 Å². The van der Waals surface area contributed by atoms with Crippen LogP contribution >= 0.6 is 0 Å². The van der Waals surface area contributed by atoms with Gasteiger partial charge in [0.1, 0.15) is 11.6 Å². The summed E-state index contributed by atoms with van der Waals surface area (Å²) >= 11 is 0. The highest BCUT2D eigenvalue weighted by Crippen LogP contribution is 2.35. The Morgan fingerprint density at radius 3 is 2.48 bits per heavy atom. The number of hydrogen-bond acceptors (Lipinski definition) is 3. The first-order chi connectivity index (χ1) is 15.9. The van der Waals surface area contributed by atoms with Gasteiger partial charge in [-0.15, -0.1) is 0 Å². The van der Waals surface area contributed by atoms with Crippen molar-refractivity contribution in [3.05, 3.63) is 77.6 Å². The lowest BCUT2D eigenvalue weighted by Gasteiger charge is -2.31. The maximum absolute atomic E-state index is 13.1. The summed E-state index contributed by atoms with van der Waals surface area (Å²) in [6, 6.07) is 18.3. The summed E-state index contributed by atoms with van der Waals surface area (Å²) in [7, 11) is 3.41. The van der Waals surface area contributed by atoms with Crippen molar-refractivity contribution in [3.8, 4) is 5.75 Å². The minimum absolute atomic E-state index is 0.000520. The van der Waals surface area contributed by atoms with Gasteiger partial charge in [0, 0.05) is 37.4 Å². The number of nitrogens with zero attached hydrogens (tertiary/aromatic N) is 1. The molecule has 3 aromatic rings. The van der Waals surface area contributed by atoms with Gasteiger partial charge < -0.3 is 15.0 Å². The molecule has 1 heterocycles. The fourth-order valence-electron chi connectivity index (χ4n) is 4.70. The number of benzene rings is 3.